The summed E-state index contributed by atoms with van der Waals surface area (Å²) in [4.78, 5) is 12.1. The fourth-order valence-electron chi connectivity index (χ4n) is 1.43. The summed E-state index contributed by atoms with van der Waals surface area (Å²) in [5.41, 5.74) is -0.556. The van der Waals surface area contributed by atoms with Gasteiger partial charge in [0.25, 0.3) is 0 Å². The predicted molar refractivity (Wildman–Crippen MR) is 39.0 cm³/mol. The number of aliphatic carboxylic acids is 1. The number of piperidine rings is 1. The average Bonchev–Trinajstić information content (AvgIpc) is 1.95. The molecule has 64 valence electrons. The van der Waals surface area contributed by atoms with Crippen LogP contribution in [0, 0.1) is 5.41 Å². The normalized spacial score (nSPS) is 38.5. The van der Waals surface area contributed by atoms with E-state index in [0.717, 1.165) is 25.9 Å². The Balaban J connectivity index is 2.55. The minimum atomic E-state index is -0.884. The van der Waals surface area contributed by atoms with E-state index in [9.17, 15) is 9.90 Å². The summed E-state index contributed by atoms with van der Waals surface area (Å²) >= 11 is 0. The van der Waals surface area contributed by atoms with E-state index in [1.165, 1.54) is 4.90 Å². The first-order chi connectivity index (χ1) is 5.04. The summed E-state index contributed by atoms with van der Waals surface area (Å²) in [5, 5.41) is 10.7. The lowest BCUT2D eigenvalue weighted by atomic mass is 9.81. The van der Waals surface area contributed by atoms with Crippen molar-refractivity contribution >= 4 is 5.97 Å². The third kappa shape index (κ3) is 1.71. The van der Waals surface area contributed by atoms with Crippen LogP contribution in [0.2, 0.25) is 0 Å². The molecule has 1 rings (SSSR count). The summed E-state index contributed by atoms with van der Waals surface area (Å²) in [5.74, 6) is -0.884. The van der Waals surface area contributed by atoms with Crippen LogP contribution in [-0.4, -0.2) is 26.1 Å². The molecule has 0 aliphatic carbocycles. The topological polar surface area (TPSA) is 44.6 Å². The highest BCUT2D eigenvalue weighted by Crippen LogP contribution is 2.24. The third-order valence-corrected chi connectivity index (χ3v) is 2.70. The smallest absolute Gasteiger partial charge is 0.0777 e. The van der Waals surface area contributed by atoms with Gasteiger partial charge in [-0.25, -0.2) is 0 Å². The van der Waals surface area contributed by atoms with Crippen molar-refractivity contribution in [3.05, 3.63) is 0 Å². The Morgan fingerprint density at radius 3 is 2.27 bits per heavy atom. The Labute approximate surface area is 67.0 Å². The molecule has 3 heteroatoms. The van der Waals surface area contributed by atoms with Crippen molar-refractivity contribution in [1.82, 2.24) is 0 Å². The predicted octanol–water partition coefficient (Wildman–Crippen LogP) is -1.95. The zero-order valence-corrected chi connectivity index (χ0v) is 7.14. The fourth-order valence-corrected chi connectivity index (χ4v) is 1.43. The SMILES string of the molecule is C[NH+]1CCC(C)(C(=O)[O-])CC1. The number of hydrogen-bond donors (Lipinski definition) is 1. The zero-order valence-electron chi connectivity index (χ0n) is 7.14. The Kier molecular flexibility index (Phi) is 2.18. The van der Waals surface area contributed by atoms with Gasteiger partial charge in [-0.15, -0.1) is 0 Å². The maximum atomic E-state index is 10.7. The molecule has 1 aliphatic heterocycles. The van der Waals surface area contributed by atoms with Crippen molar-refractivity contribution in [2.24, 2.45) is 5.41 Å². The lowest BCUT2D eigenvalue weighted by Crippen LogP contribution is -3.10. The second-order valence-electron chi connectivity index (χ2n) is 3.81. The number of carboxylic acid groups (broad SMARTS) is 1. The number of nitrogens with one attached hydrogen (secondary N) is 1. The number of carbonyl (C=O) groups is 1. The second-order valence-corrected chi connectivity index (χ2v) is 3.81. The van der Waals surface area contributed by atoms with Gasteiger partial charge in [0.1, 0.15) is 0 Å². The monoisotopic (exact) mass is 157 g/mol. The van der Waals surface area contributed by atoms with Crippen LogP contribution in [0.5, 0.6) is 0 Å². The third-order valence-electron chi connectivity index (χ3n) is 2.70. The molecule has 0 radical (unpaired) electrons. The fraction of sp³-hybridized carbons (Fsp3) is 0.875. The van der Waals surface area contributed by atoms with E-state index in [1.54, 1.807) is 6.92 Å². The maximum Gasteiger partial charge on any atom is 0.0777 e. The number of carbonyl (C=O) groups excluding carboxylic acids is 1. The van der Waals surface area contributed by atoms with Gasteiger partial charge in [-0.2, -0.15) is 0 Å². The molecule has 0 spiro atoms. The first-order valence-corrected chi connectivity index (χ1v) is 4.07. The lowest BCUT2D eigenvalue weighted by molar-refractivity contribution is -0.887. The van der Waals surface area contributed by atoms with Gasteiger partial charge in [-0.1, -0.05) is 6.92 Å². The molecule has 0 saturated carbocycles. The van der Waals surface area contributed by atoms with Crippen molar-refractivity contribution in [1.29, 1.82) is 0 Å². The average molecular weight is 157 g/mol. The lowest BCUT2D eigenvalue weighted by Gasteiger charge is -2.36. The number of hydrogen-bond acceptors (Lipinski definition) is 2. The van der Waals surface area contributed by atoms with E-state index >= 15 is 0 Å². The first-order valence-electron chi connectivity index (χ1n) is 4.07. The molecule has 1 heterocycles. The van der Waals surface area contributed by atoms with E-state index in [2.05, 4.69) is 7.05 Å². The van der Waals surface area contributed by atoms with Crippen molar-refractivity contribution < 1.29 is 14.8 Å². The summed E-state index contributed by atoms with van der Waals surface area (Å²) in [6.07, 6.45) is 1.50. The van der Waals surface area contributed by atoms with Gasteiger partial charge >= 0.3 is 0 Å². The summed E-state index contributed by atoms with van der Waals surface area (Å²) in [7, 11) is 2.09. The molecular formula is C8H15NO2. The molecule has 3 nitrogen and oxygen atoms in total. The van der Waals surface area contributed by atoms with Gasteiger partial charge in [-0.3, -0.25) is 0 Å². The van der Waals surface area contributed by atoms with Gasteiger partial charge in [0.05, 0.1) is 20.1 Å². The van der Waals surface area contributed by atoms with Crippen molar-refractivity contribution in [2.45, 2.75) is 19.8 Å². The minimum Gasteiger partial charge on any atom is -0.550 e. The molecule has 0 bridgehead atoms. The van der Waals surface area contributed by atoms with E-state index in [0.29, 0.717) is 0 Å². The van der Waals surface area contributed by atoms with Crippen molar-refractivity contribution in [3.8, 4) is 0 Å². The van der Waals surface area contributed by atoms with Crippen LogP contribution in [0.15, 0.2) is 0 Å². The van der Waals surface area contributed by atoms with E-state index in [4.69, 9.17) is 0 Å². The molecule has 1 N–H and O–H groups in total. The quantitative estimate of drug-likeness (QED) is 0.481. The molecule has 1 aliphatic rings. The molecule has 0 atom stereocenters. The molecule has 11 heavy (non-hydrogen) atoms. The molecular weight excluding hydrogens is 142 g/mol. The van der Waals surface area contributed by atoms with Crippen molar-refractivity contribution in [2.75, 3.05) is 20.1 Å². The standard InChI is InChI=1S/C8H15NO2/c1-8(7(10)11)3-5-9(2)6-4-8/h3-6H2,1-2H3,(H,10,11). The summed E-state index contributed by atoms with van der Waals surface area (Å²) in [6, 6.07) is 0. The Hall–Kier alpha value is -0.570. The van der Waals surface area contributed by atoms with Gasteiger partial charge in [0.2, 0.25) is 0 Å². The van der Waals surface area contributed by atoms with E-state index in [1.807, 2.05) is 0 Å². The van der Waals surface area contributed by atoms with Gasteiger partial charge in [0.15, 0.2) is 0 Å². The van der Waals surface area contributed by atoms with Crippen LogP contribution >= 0.6 is 0 Å². The molecule has 0 unspecified atom stereocenters. The number of likely N-dealkylation sites (tertiary alicyclic amines) is 1. The van der Waals surface area contributed by atoms with Gasteiger partial charge < -0.3 is 14.8 Å². The van der Waals surface area contributed by atoms with Gasteiger partial charge in [0, 0.05) is 24.2 Å². The Morgan fingerprint density at radius 1 is 1.45 bits per heavy atom. The largest absolute Gasteiger partial charge is 0.550 e. The minimum absolute atomic E-state index is 0.556. The molecule has 0 amide bonds. The van der Waals surface area contributed by atoms with Crippen LogP contribution < -0.4 is 10.0 Å². The highest BCUT2D eigenvalue weighted by molar-refractivity contribution is 5.71. The number of carboxylic acids is 1. The highest BCUT2D eigenvalue weighted by atomic mass is 16.4. The Bertz CT molecular complexity index is 159. The Morgan fingerprint density at radius 2 is 1.91 bits per heavy atom. The highest BCUT2D eigenvalue weighted by Gasteiger charge is 2.32. The van der Waals surface area contributed by atoms with Crippen LogP contribution in [0.25, 0.3) is 0 Å². The second kappa shape index (κ2) is 2.81. The molecule has 1 saturated heterocycles. The number of rotatable bonds is 1. The molecule has 0 aromatic carbocycles. The van der Waals surface area contributed by atoms with Crippen LogP contribution in [-0.2, 0) is 4.79 Å². The zero-order chi connectivity index (χ0) is 8.48. The summed E-state index contributed by atoms with van der Waals surface area (Å²) in [6.45, 7) is 3.68. The maximum absolute atomic E-state index is 10.7. The van der Waals surface area contributed by atoms with Gasteiger partial charge in [-0.05, 0) is 0 Å². The van der Waals surface area contributed by atoms with Crippen LogP contribution in [0.4, 0.5) is 0 Å². The van der Waals surface area contributed by atoms with Crippen LogP contribution in [0.1, 0.15) is 19.8 Å². The van der Waals surface area contributed by atoms with E-state index < -0.39 is 11.4 Å². The summed E-state index contributed by atoms with van der Waals surface area (Å²) < 4.78 is 0. The van der Waals surface area contributed by atoms with Crippen molar-refractivity contribution in [3.63, 3.8) is 0 Å². The van der Waals surface area contributed by atoms with E-state index in [-0.39, 0.29) is 0 Å². The molecule has 0 aromatic heterocycles. The molecule has 0 aromatic rings. The molecule has 1 fully saturated rings. The number of quaternary nitrogens is 1. The first kappa shape index (κ1) is 8.53. The van der Waals surface area contributed by atoms with Crippen LogP contribution in [0.3, 0.4) is 0 Å².